The summed E-state index contributed by atoms with van der Waals surface area (Å²) in [5.41, 5.74) is 1.90. The number of hydrogen-bond donors (Lipinski definition) is 4. The fourth-order valence-electron chi connectivity index (χ4n) is 4.93. The number of carbonyl (C=O) groups excluding carboxylic acids is 3. The lowest BCUT2D eigenvalue weighted by Gasteiger charge is -2.25. The minimum atomic E-state index is -1.08. The second-order valence-corrected chi connectivity index (χ2v) is 9.23. The summed E-state index contributed by atoms with van der Waals surface area (Å²) >= 11 is 0. The lowest BCUT2D eigenvalue weighted by molar-refractivity contribution is -0.126. The van der Waals surface area contributed by atoms with Gasteiger partial charge in [-0.3, -0.25) is 14.4 Å². The molecule has 0 unspecified atom stereocenters. The molecule has 3 aromatic rings. The van der Waals surface area contributed by atoms with Crippen LogP contribution in [0.5, 0.6) is 11.5 Å². The number of para-hydroxylation sites is 1. The Balaban J connectivity index is 1.37. The SMILES string of the molecule is COc1cccc2[nH]c(C(=O)N[C@H](C(=O)N[C@H](C#N)C[C@@H]3CCNC3=O)[C@@H]3Cc4ccccc4O3)cc12. The number of hydrogen-bond acceptors (Lipinski definition) is 6. The van der Waals surface area contributed by atoms with Crippen molar-refractivity contribution >= 4 is 28.6 Å². The average molecular weight is 502 g/mol. The third kappa shape index (κ3) is 4.93. The van der Waals surface area contributed by atoms with Crippen LogP contribution in [0.2, 0.25) is 0 Å². The van der Waals surface area contributed by atoms with Gasteiger partial charge in [0.2, 0.25) is 11.8 Å². The Morgan fingerprint density at radius 3 is 2.78 bits per heavy atom. The molecule has 10 nitrogen and oxygen atoms in total. The topological polar surface area (TPSA) is 145 Å². The summed E-state index contributed by atoms with van der Waals surface area (Å²) in [5.74, 6) is -0.250. The third-order valence-electron chi connectivity index (χ3n) is 6.86. The van der Waals surface area contributed by atoms with Crippen LogP contribution in [0.15, 0.2) is 48.5 Å². The number of nitriles is 1. The van der Waals surface area contributed by atoms with E-state index in [9.17, 15) is 19.6 Å². The third-order valence-corrected chi connectivity index (χ3v) is 6.86. The first-order valence-corrected chi connectivity index (χ1v) is 12.2. The maximum atomic E-state index is 13.5. The zero-order valence-electron chi connectivity index (χ0n) is 20.2. The van der Waals surface area contributed by atoms with E-state index in [-0.39, 0.29) is 23.9 Å². The van der Waals surface area contributed by atoms with Gasteiger partial charge in [-0.05, 0) is 42.7 Å². The number of aromatic nitrogens is 1. The van der Waals surface area contributed by atoms with Gasteiger partial charge < -0.3 is 30.4 Å². The van der Waals surface area contributed by atoms with Gasteiger partial charge in [-0.1, -0.05) is 24.3 Å². The van der Waals surface area contributed by atoms with Gasteiger partial charge in [0.25, 0.3) is 5.91 Å². The fourth-order valence-corrected chi connectivity index (χ4v) is 4.93. The van der Waals surface area contributed by atoms with Crippen molar-refractivity contribution in [2.45, 2.75) is 37.5 Å². The average Bonchev–Trinajstić information content (AvgIpc) is 3.64. The van der Waals surface area contributed by atoms with Crippen molar-refractivity contribution in [2.24, 2.45) is 5.92 Å². The van der Waals surface area contributed by atoms with E-state index >= 15 is 0 Å². The van der Waals surface area contributed by atoms with Crippen LogP contribution in [0.4, 0.5) is 0 Å². The van der Waals surface area contributed by atoms with Crippen LogP contribution >= 0.6 is 0 Å². The van der Waals surface area contributed by atoms with E-state index in [4.69, 9.17) is 9.47 Å². The molecule has 1 fully saturated rings. The highest BCUT2D eigenvalue weighted by Crippen LogP contribution is 2.30. The van der Waals surface area contributed by atoms with Gasteiger partial charge >= 0.3 is 0 Å². The minimum Gasteiger partial charge on any atom is -0.496 e. The van der Waals surface area contributed by atoms with Gasteiger partial charge in [0.1, 0.15) is 35.4 Å². The molecule has 4 N–H and O–H groups in total. The summed E-state index contributed by atoms with van der Waals surface area (Å²) in [6, 6.07) is 14.6. The second-order valence-electron chi connectivity index (χ2n) is 9.23. The van der Waals surface area contributed by atoms with Crippen molar-refractivity contribution in [3.05, 3.63) is 59.8 Å². The van der Waals surface area contributed by atoms with E-state index < -0.39 is 30.0 Å². The summed E-state index contributed by atoms with van der Waals surface area (Å²) in [5, 5.41) is 18.7. The summed E-state index contributed by atoms with van der Waals surface area (Å²) in [6.45, 7) is 0.553. The van der Waals surface area contributed by atoms with E-state index in [0.29, 0.717) is 30.9 Å². The number of benzene rings is 2. The zero-order valence-corrected chi connectivity index (χ0v) is 20.2. The fraction of sp³-hybridized carbons (Fsp3) is 0.333. The van der Waals surface area contributed by atoms with Crippen LogP contribution in [0, 0.1) is 17.2 Å². The Kier molecular flexibility index (Phi) is 6.68. The smallest absolute Gasteiger partial charge is 0.268 e. The predicted molar refractivity (Wildman–Crippen MR) is 134 cm³/mol. The van der Waals surface area contributed by atoms with Gasteiger partial charge in [-0.2, -0.15) is 5.26 Å². The first-order valence-electron chi connectivity index (χ1n) is 12.2. The Hall–Kier alpha value is -4.52. The maximum Gasteiger partial charge on any atom is 0.268 e. The molecule has 0 spiro atoms. The normalized spacial score (nSPS) is 19.7. The highest BCUT2D eigenvalue weighted by atomic mass is 16.5. The Morgan fingerprint density at radius 2 is 2.05 bits per heavy atom. The van der Waals surface area contributed by atoms with Crippen LogP contribution in [-0.4, -0.2) is 54.5 Å². The largest absolute Gasteiger partial charge is 0.496 e. The number of methoxy groups -OCH3 is 1. The number of amides is 3. The number of nitrogens with zero attached hydrogens (tertiary/aromatic N) is 1. The summed E-state index contributed by atoms with van der Waals surface area (Å²) in [7, 11) is 1.55. The maximum absolute atomic E-state index is 13.5. The Labute approximate surface area is 213 Å². The van der Waals surface area contributed by atoms with Crippen molar-refractivity contribution in [2.75, 3.05) is 13.7 Å². The molecule has 0 aliphatic carbocycles. The van der Waals surface area contributed by atoms with Gasteiger partial charge in [0.05, 0.1) is 13.2 Å². The molecule has 5 rings (SSSR count). The number of fused-ring (bicyclic) bond motifs is 2. The van der Waals surface area contributed by atoms with E-state index in [1.165, 1.54) is 0 Å². The highest BCUT2D eigenvalue weighted by Gasteiger charge is 2.38. The number of H-pyrrole nitrogens is 1. The van der Waals surface area contributed by atoms with E-state index in [2.05, 4.69) is 27.0 Å². The van der Waals surface area contributed by atoms with E-state index in [0.717, 1.165) is 16.5 Å². The minimum absolute atomic E-state index is 0.122. The van der Waals surface area contributed by atoms with Crippen LogP contribution in [-0.2, 0) is 16.0 Å². The van der Waals surface area contributed by atoms with Crippen molar-refractivity contribution in [1.29, 1.82) is 5.26 Å². The monoisotopic (exact) mass is 501 g/mol. The molecule has 0 bridgehead atoms. The molecule has 2 aliphatic rings. The molecule has 190 valence electrons. The molecule has 37 heavy (non-hydrogen) atoms. The molecule has 0 saturated carbocycles. The molecule has 0 radical (unpaired) electrons. The molecule has 2 aliphatic heterocycles. The molecule has 1 saturated heterocycles. The van der Waals surface area contributed by atoms with Crippen LogP contribution in [0.1, 0.15) is 28.9 Å². The first-order chi connectivity index (χ1) is 18.0. The van der Waals surface area contributed by atoms with Gasteiger partial charge in [0, 0.05) is 29.8 Å². The van der Waals surface area contributed by atoms with Crippen LogP contribution < -0.4 is 25.4 Å². The molecule has 10 heteroatoms. The van der Waals surface area contributed by atoms with Gasteiger partial charge in [0.15, 0.2) is 0 Å². The Morgan fingerprint density at radius 1 is 1.22 bits per heavy atom. The Bertz CT molecular complexity index is 1370. The van der Waals surface area contributed by atoms with E-state index in [1.54, 1.807) is 19.2 Å². The molecule has 2 aromatic carbocycles. The molecular weight excluding hydrogens is 474 g/mol. The van der Waals surface area contributed by atoms with Crippen molar-refractivity contribution < 1.29 is 23.9 Å². The van der Waals surface area contributed by atoms with Crippen molar-refractivity contribution in [3.8, 4) is 17.6 Å². The molecule has 4 atom stereocenters. The number of ether oxygens (including phenoxy) is 2. The van der Waals surface area contributed by atoms with Crippen LogP contribution in [0.25, 0.3) is 10.9 Å². The molecule has 3 heterocycles. The summed E-state index contributed by atoms with van der Waals surface area (Å²) in [6.07, 6.45) is 0.548. The first kappa shape index (κ1) is 24.2. The predicted octanol–water partition coefficient (Wildman–Crippen LogP) is 1.81. The number of aromatic amines is 1. The second kappa shape index (κ2) is 10.2. The van der Waals surface area contributed by atoms with Gasteiger partial charge in [-0.25, -0.2) is 0 Å². The number of rotatable bonds is 8. The van der Waals surface area contributed by atoms with Crippen molar-refractivity contribution in [3.63, 3.8) is 0 Å². The highest BCUT2D eigenvalue weighted by molar-refractivity contribution is 6.01. The molecule has 1 aromatic heterocycles. The lowest BCUT2D eigenvalue weighted by atomic mass is 9.98. The summed E-state index contributed by atoms with van der Waals surface area (Å²) < 4.78 is 11.4. The van der Waals surface area contributed by atoms with Crippen LogP contribution in [0.3, 0.4) is 0 Å². The van der Waals surface area contributed by atoms with Gasteiger partial charge in [-0.15, -0.1) is 0 Å². The lowest BCUT2D eigenvalue weighted by Crippen LogP contribution is -2.56. The van der Waals surface area contributed by atoms with E-state index in [1.807, 2.05) is 36.4 Å². The van der Waals surface area contributed by atoms with Crippen molar-refractivity contribution in [1.82, 2.24) is 20.9 Å². The molecule has 3 amide bonds. The number of carbonyl (C=O) groups is 3. The standard InChI is InChI=1S/C27H27N5O5/c1-36-22-8-4-6-19-18(22)13-20(31-19)26(34)32-24(23-12-15-5-2-3-7-21(15)37-23)27(35)30-17(14-28)11-16-9-10-29-25(16)33/h2-8,13,16-17,23-24,31H,9-12H2,1H3,(H,29,33)(H,30,35)(H,32,34)/t16-,17-,23-,24-/m0/s1. The summed E-state index contributed by atoms with van der Waals surface area (Å²) in [4.78, 5) is 41.8. The zero-order chi connectivity index (χ0) is 25.9. The molecular formula is C27H27N5O5. The quantitative estimate of drug-likeness (QED) is 0.370. The number of nitrogens with one attached hydrogen (secondary N) is 4.